The van der Waals surface area contributed by atoms with Crippen LogP contribution in [0.2, 0.25) is 0 Å². The molecule has 0 aliphatic heterocycles. The number of aromatic nitrogens is 1. The molecule has 0 saturated heterocycles. The van der Waals surface area contributed by atoms with Crippen molar-refractivity contribution in [2.75, 3.05) is 38.8 Å². The van der Waals surface area contributed by atoms with Crippen LogP contribution in [-0.2, 0) is 9.47 Å². The number of aliphatic hydroxyl groups is 1. The van der Waals surface area contributed by atoms with Gasteiger partial charge in [0.2, 0.25) is 0 Å². The number of unbranched alkanes of at least 4 members (excludes halogenated alkanes) is 3. The van der Waals surface area contributed by atoms with Crippen molar-refractivity contribution in [3.8, 4) is 16.9 Å². The Balaban J connectivity index is 1.59. The van der Waals surface area contributed by atoms with Crippen molar-refractivity contribution in [3.05, 3.63) is 83.2 Å². The monoisotopic (exact) mass is 685 g/mol. The molecule has 0 unspecified atom stereocenters. The second-order valence-electron chi connectivity index (χ2n) is 11.7. The number of amides is 3. The highest BCUT2D eigenvalue weighted by molar-refractivity contribution is 6.11. The fraction of sp³-hybridized carbons (Fsp3) is 0.351. The molecule has 13 nitrogen and oxygen atoms in total. The van der Waals surface area contributed by atoms with Gasteiger partial charge in [-0.2, -0.15) is 0 Å². The molecule has 0 spiro atoms. The summed E-state index contributed by atoms with van der Waals surface area (Å²) in [6.45, 7) is 5.97. The van der Waals surface area contributed by atoms with Gasteiger partial charge in [-0.05, 0) is 73.7 Å². The van der Waals surface area contributed by atoms with Gasteiger partial charge in [-0.15, -0.1) is 0 Å². The van der Waals surface area contributed by atoms with E-state index < -0.39 is 30.5 Å². The summed E-state index contributed by atoms with van der Waals surface area (Å²) in [6, 6.07) is 12.4. The lowest BCUT2D eigenvalue weighted by atomic mass is 9.94. The number of methoxy groups -OCH3 is 1. The lowest BCUT2D eigenvalue weighted by Crippen LogP contribution is -2.31. The second kappa shape index (κ2) is 18.3. The molecule has 1 fully saturated rings. The minimum Gasteiger partial charge on any atom is -0.496 e. The van der Waals surface area contributed by atoms with Crippen LogP contribution < -0.4 is 20.7 Å². The molecular formula is C37H43N5O8. The average Bonchev–Trinajstić information content (AvgIpc) is 3.97. The number of hydrogen-bond donors (Lipinski definition) is 5. The van der Waals surface area contributed by atoms with Gasteiger partial charge in [0.05, 0.1) is 20.3 Å². The highest BCUT2D eigenvalue weighted by Crippen LogP contribution is 2.35. The number of carbonyl (C=O) groups is 4. The van der Waals surface area contributed by atoms with Crippen LogP contribution in [0.1, 0.15) is 87.9 Å². The molecule has 2 aromatic carbocycles. The molecule has 50 heavy (non-hydrogen) atoms. The van der Waals surface area contributed by atoms with E-state index in [2.05, 4.69) is 34.4 Å². The number of aliphatic hydroxyl groups excluding tert-OH is 1. The van der Waals surface area contributed by atoms with Crippen LogP contribution in [0, 0.1) is 11.3 Å². The van der Waals surface area contributed by atoms with Crippen molar-refractivity contribution in [2.45, 2.75) is 45.4 Å². The number of ether oxygens (including phenoxy) is 3. The van der Waals surface area contributed by atoms with Crippen molar-refractivity contribution in [1.29, 1.82) is 5.41 Å². The molecular weight excluding hydrogens is 642 g/mol. The zero-order valence-corrected chi connectivity index (χ0v) is 28.3. The molecule has 5 N–H and O–H groups in total. The third-order valence-corrected chi connectivity index (χ3v) is 7.91. The Morgan fingerprint density at radius 1 is 0.980 bits per heavy atom. The molecule has 1 saturated carbocycles. The van der Waals surface area contributed by atoms with E-state index in [1.165, 1.54) is 25.3 Å². The number of amidine groups is 1. The molecule has 13 heteroatoms. The first-order valence-electron chi connectivity index (χ1n) is 16.5. The molecule has 3 amide bonds. The van der Waals surface area contributed by atoms with E-state index >= 15 is 0 Å². The number of nitrogens with one attached hydrogen (secondary N) is 4. The van der Waals surface area contributed by atoms with Crippen LogP contribution in [-0.4, -0.2) is 73.3 Å². The van der Waals surface area contributed by atoms with Gasteiger partial charge < -0.3 is 30.0 Å². The zero-order chi connectivity index (χ0) is 36.0. The predicted octanol–water partition coefficient (Wildman–Crippen LogP) is 5.57. The summed E-state index contributed by atoms with van der Waals surface area (Å²) < 4.78 is 15.9. The lowest BCUT2D eigenvalue weighted by Gasteiger charge is -2.17. The van der Waals surface area contributed by atoms with Gasteiger partial charge in [0.1, 0.15) is 23.9 Å². The normalized spacial score (nSPS) is 12.0. The predicted molar refractivity (Wildman–Crippen MR) is 189 cm³/mol. The van der Waals surface area contributed by atoms with Crippen LogP contribution in [0.15, 0.2) is 55.1 Å². The minimum atomic E-state index is -0.893. The maximum Gasteiger partial charge on any atom is 0.412 e. The van der Waals surface area contributed by atoms with Crippen LogP contribution in [0.5, 0.6) is 5.75 Å². The molecule has 1 aliphatic rings. The number of alkyl carbamates (subject to hydrolysis) is 1. The van der Waals surface area contributed by atoms with Gasteiger partial charge in [0.15, 0.2) is 5.69 Å². The maximum absolute atomic E-state index is 13.9. The Labute approximate surface area is 290 Å². The molecule has 264 valence electrons. The SMILES string of the molecule is C=Cc1cc(C(=O)Nc2ccc(C(=N)NC(=O)OCCCCCC)cc2)c(-c2ccc(C(=O)NCC3CC3)nc2C(=O)OCCO)cc1OC. The first kappa shape index (κ1) is 37.3. The van der Waals surface area contributed by atoms with Gasteiger partial charge in [-0.3, -0.25) is 20.3 Å². The summed E-state index contributed by atoms with van der Waals surface area (Å²) in [5.74, 6) is -1.27. The molecule has 3 aromatic rings. The number of esters is 1. The molecule has 0 atom stereocenters. The smallest absolute Gasteiger partial charge is 0.412 e. The van der Waals surface area contributed by atoms with E-state index in [-0.39, 0.29) is 47.1 Å². The van der Waals surface area contributed by atoms with Crippen molar-refractivity contribution in [1.82, 2.24) is 15.6 Å². The highest BCUT2D eigenvalue weighted by Gasteiger charge is 2.26. The van der Waals surface area contributed by atoms with Crippen LogP contribution >= 0.6 is 0 Å². The van der Waals surface area contributed by atoms with E-state index in [0.717, 1.165) is 38.5 Å². The number of hydrogen-bond acceptors (Lipinski definition) is 10. The van der Waals surface area contributed by atoms with Crippen LogP contribution in [0.25, 0.3) is 17.2 Å². The number of nitrogens with zero attached hydrogens (tertiary/aromatic N) is 1. The summed E-state index contributed by atoms with van der Waals surface area (Å²) in [5, 5.41) is 25.6. The van der Waals surface area contributed by atoms with Gasteiger partial charge >= 0.3 is 12.1 Å². The standard InChI is InChI=1S/C37H43N5O8/c1-4-6-7-8-18-50-37(47)42-33(38)25-11-13-26(14-12-25)40-34(44)29-20-24(5-2)31(48-3)21-28(29)27-15-16-30(35(45)39-22-23-9-10-23)41-32(27)36(46)49-19-17-43/h5,11-16,20-21,23,43H,2,4,6-10,17-19,22H2,1,3H3,(H,39,45)(H,40,44)(H2,38,42,47). The van der Waals surface area contributed by atoms with Crippen molar-refractivity contribution in [3.63, 3.8) is 0 Å². The van der Waals surface area contributed by atoms with E-state index in [1.807, 2.05) is 0 Å². The highest BCUT2D eigenvalue weighted by atomic mass is 16.5. The van der Waals surface area contributed by atoms with Gasteiger partial charge in [0.25, 0.3) is 11.8 Å². The van der Waals surface area contributed by atoms with Gasteiger partial charge in [0, 0.05) is 40.0 Å². The summed E-state index contributed by atoms with van der Waals surface area (Å²) in [7, 11) is 1.45. The van der Waals surface area contributed by atoms with Crippen molar-refractivity contribution < 1.29 is 38.5 Å². The second-order valence-corrected chi connectivity index (χ2v) is 11.7. The van der Waals surface area contributed by atoms with Crippen LogP contribution in [0.4, 0.5) is 10.5 Å². The fourth-order valence-corrected chi connectivity index (χ4v) is 4.98. The van der Waals surface area contributed by atoms with Crippen LogP contribution in [0.3, 0.4) is 0 Å². The Kier molecular flexibility index (Phi) is 13.6. The fourth-order valence-electron chi connectivity index (χ4n) is 4.98. The van der Waals surface area contributed by atoms with E-state index in [1.54, 1.807) is 36.4 Å². The third-order valence-electron chi connectivity index (χ3n) is 7.91. The van der Waals surface area contributed by atoms with Gasteiger partial charge in [-0.25, -0.2) is 14.6 Å². The number of anilines is 1. The van der Waals surface area contributed by atoms with E-state index in [0.29, 0.717) is 35.0 Å². The molecule has 1 aliphatic carbocycles. The lowest BCUT2D eigenvalue weighted by molar-refractivity contribution is 0.0427. The first-order chi connectivity index (χ1) is 24.2. The number of carbonyl (C=O) groups excluding carboxylic acids is 4. The van der Waals surface area contributed by atoms with E-state index in [9.17, 15) is 24.3 Å². The zero-order valence-electron chi connectivity index (χ0n) is 28.3. The van der Waals surface area contributed by atoms with E-state index in [4.69, 9.17) is 19.6 Å². The molecule has 1 aromatic heterocycles. The summed E-state index contributed by atoms with van der Waals surface area (Å²) in [6.07, 6.45) is 6.73. The maximum atomic E-state index is 13.9. The Morgan fingerprint density at radius 2 is 1.74 bits per heavy atom. The van der Waals surface area contributed by atoms with Gasteiger partial charge in [-0.1, -0.05) is 38.8 Å². The summed E-state index contributed by atoms with van der Waals surface area (Å²) in [5.41, 5.74) is 1.62. The quantitative estimate of drug-likeness (QED) is 0.0523. The largest absolute Gasteiger partial charge is 0.496 e. The Morgan fingerprint density at radius 3 is 2.40 bits per heavy atom. The molecule has 0 bridgehead atoms. The molecule has 0 radical (unpaired) electrons. The summed E-state index contributed by atoms with van der Waals surface area (Å²) >= 11 is 0. The topological polar surface area (TPSA) is 189 Å². The molecule has 4 rings (SSSR count). The van der Waals surface area contributed by atoms with Crippen molar-refractivity contribution in [2.24, 2.45) is 5.92 Å². The number of rotatable bonds is 17. The Bertz CT molecular complexity index is 1720. The molecule has 1 heterocycles. The minimum absolute atomic E-state index is 0.00795. The first-order valence-corrected chi connectivity index (χ1v) is 16.5. The third kappa shape index (κ3) is 10.2. The average molecular weight is 686 g/mol. The summed E-state index contributed by atoms with van der Waals surface area (Å²) in [4.78, 5) is 56.4. The number of benzene rings is 2. The number of pyridine rings is 1. The van der Waals surface area contributed by atoms with Crippen molar-refractivity contribution >= 4 is 41.5 Å². The Hall–Kier alpha value is -5.56.